The van der Waals surface area contributed by atoms with E-state index in [0.29, 0.717) is 0 Å². The van der Waals surface area contributed by atoms with Crippen molar-refractivity contribution in [1.29, 1.82) is 0 Å². The number of hydrogen-bond donors (Lipinski definition) is 2. The number of rotatable bonds is 4. The molecule has 3 aromatic rings. The standard InChI is InChI=1S/C14H14N4/c1-2-6-16-12(3-1)9-15-8-11-4-5-13-14(7-11)18-10-17-13/h1-7,10,15H,8-9H2,(H,17,18). The van der Waals surface area contributed by atoms with Gasteiger partial charge in [-0.3, -0.25) is 4.98 Å². The molecular weight excluding hydrogens is 224 g/mol. The van der Waals surface area contributed by atoms with Crippen LogP contribution in [0.1, 0.15) is 11.3 Å². The average molecular weight is 238 g/mol. The Morgan fingerprint density at radius 3 is 2.94 bits per heavy atom. The first-order valence-electron chi connectivity index (χ1n) is 5.94. The number of aromatic amines is 1. The number of fused-ring (bicyclic) bond motifs is 1. The van der Waals surface area contributed by atoms with Gasteiger partial charge in [0.2, 0.25) is 0 Å². The summed E-state index contributed by atoms with van der Waals surface area (Å²) in [5, 5.41) is 3.38. The number of nitrogens with one attached hydrogen (secondary N) is 2. The van der Waals surface area contributed by atoms with Crippen LogP contribution in [0.5, 0.6) is 0 Å². The third kappa shape index (κ3) is 2.38. The van der Waals surface area contributed by atoms with Crippen LogP contribution in [0, 0.1) is 0 Å². The molecule has 0 saturated heterocycles. The minimum Gasteiger partial charge on any atom is -0.345 e. The summed E-state index contributed by atoms with van der Waals surface area (Å²) in [5.74, 6) is 0. The first-order chi connectivity index (χ1) is 8.92. The number of pyridine rings is 1. The molecule has 0 aliphatic rings. The first-order valence-corrected chi connectivity index (χ1v) is 5.94. The number of nitrogens with zero attached hydrogens (tertiary/aromatic N) is 2. The monoisotopic (exact) mass is 238 g/mol. The topological polar surface area (TPSA) is 53.6 Å². The van der Waals surface area contributed by atoms with E-state index < -0.39 is 0 Å². The van der Waals surface area contributed by atoms with Crippen molar-refractivity contribution in [3.05, 3.63) is 60.2 Å². The second kappa shape index (κ2) is 4.98. The fourth-order valence-corrected chi connectivity index (χ4v) is 1.93. The molecule has 18 heavy (non-hydrogen) atoms. The van der Waals surface area contributed by atoms with Gasteiger partial charge in [-0.25, -0.2) is 4.98 Å². The predicted molar refractivity (Wildman–Crippen MR) is 70.9 cm³/mol. The Kier molecular flexibility index (Phi) is 3.02. The van der Waals surface area contributed by atoms with Crippen LogP contribution < -0.4 is 5.32 Å². The van der Waals surface area contributed by atoms with E-state index in [9.17, 15) is 0 Å². The maximum absolute atomic E-state index is 4.27. The normalized spacial score (nSPS) is 10.9. The molecule has 0 unspecified atom stereocenters. The fraction of sp³-hybridized carbons (Fsp3) is 0.143. The summed E-state index contributed by atoms with van der Waals surface area (Å²) in [5.41, 5.74) is 4.37. The Labute approximate surface area is 105 Å². The van der Waals surface area contributed by atoms with Crippen LogP contribution in [-0.4, -0.2) is 15.0 Å². The maximum Gasteiger partial charge on any atom is 0.0931 e. The molecule has 0 atom stereocenters. The average Bonchev–Trinajstić information content (AvgIpc) is 2.87. The lowest BCUT2D eigenvalue weighted by Crippen LogP contribution is -2.13. The van der Waals surface area contributed by atoms with E-state index in [1.54, 1.807) is 6.33 Å². The second-order valence-electron chi connectivity index (χ2n) is 4.18. The summed E-state index contributed by atoms with van der Waals surface area (Å²) in [6.07, 6.45) is 3.53. The Morgan fingerprint density at radius 2 is 2.06 bits per heavy atom. The Hall–Kier alpha value is -2.20. The van der Waals surface area contributed by atoms with Gasteiger partial charge in [-0.2, -0.15) is 0 Å². The lowest BCUT2D eigenvalue weighted by Gasteiger charge is -2.04. The van der Waals surface area contributed by atoms with Crippen molar-refractivity contribution < 1.29 is 0 Å². The molecule has 3 rings (SSSR count). The van der Waals surface area contributed by atoms with Crippen LogP contribution in [0.3, 0.4) is 0 Å². The highest BCUT2D eigenvalue weighted by Crippen LogP contribution is 2.11. The van der Waals surface area contributed by atoms with Gasteiger partial charge in [0.15, 0.2) is 0 Å². The number of aromatic nitrogens is 3. The molecule has 0 fully saturated rings. The van der Waals surface area contributed by atoms with Crippen molar-refractivity contribution in [2.75, 3.05) is 0 Å². The Balaban J connectivity index is 1.62. The number of imidazole rings is 1. The van der Waals surface area contributed by atoms with Crippen molar-refractivity contribution in [2.45, 2.75) is 13.1 Å². The highest BCUT2D eigenvalue weighted by molar-refractivity contribution is 5.74. The SMILES string of the molecule is c1ccc(CNCc2ccc3nc[nH]c3c2)nc1. The van der Waals surface area contributed by atoms with E-state index in [4.69, 9.17) is 0 Å². The molecule has 0 spiro atoms. The van der Waals surface area contributed by atoms with E-state index in [-0.39, 0.29) is 0 Å². The molecule has 4 nitrogen and oxygen atoms in total. The van der Waals surface area contributed by atoms with E-state index in [1.165, 1.54) is 5.56 Å². The van der Waals surface area contributed by atoms with Gasteiger partial charge in [0.25, 0.3) is 0 Å². The quantitative estimate of drug-likeness (QED) is 0.733. The van der Waals surface area contributed by atoms with Crippen molar-refractivity contribution in [2.24, 2.45) is 0 Å². The third-order valence-corrected chi connectivity index (χ3v) is 2.85. The molecule has 0 aliphatic heterocycles. The molecule has 90 valence electrons. The molecule has 2 N–H and O–H groups in total. The van der Waals surface area contributed by atoms with Crippen LogP contribution in [0.4, 0.5) is 0 Å². The highest BCUT2D eigenvalue weighted by atomic mass is 14.9. The van der Waals surface area contributed by atoms with Gasteiger partial charge in [-0.1, -0.05) is 12.1 Å². The zero-order chi connectivity index (χ0) is 12.2. The van der Waals surface area contributed by atoms with Crippen molar-refractivity contribution in [3.8, 4) is 0 Å². The van der Waals surface area contributed by atoms with E-state index in [1.807, 2.05) is 30.5 Å². The molecule has 2 aromatic heterocycles. The predicted octanol–water partition coefficient (Wildman–Crippen LogP) is 2.25. The Morgan fingerprint density at radius 1 is 1.06 bits per heavy atom. The van der Waals surface area contributed by atoms with Crippen molar-refractivity contribution in [3.63, 3.8) is 0 Å². The van der Waals surface area contributed by atoms with Gasteiger partial charge < -0.3 is 10.3 Å². The van der Waals surface area contributed by atoms with Crippen LogP contribution in [0.25, 0.3) is 11.0 Å². The smallest absolute Gasteiger partial charge is 0.0931 e. The lowest BCUT2D eigenvalue weighted by atomic mass is 10.2. The summed E-state index contributed by atoms with van der Waals surface area (Å²) in [7, 11) is 0. The fourth-order valence-electron chi connectivity index (χ4n) is 1.93. The van der Waals surface area contributed by atoms with Crippen LogP contribution in [0.15, 0.2) is 48.9 Å². The number of hydrogen-bond acceptors (Lipinski definition) is 3. The van der Waals surface area contributed by atoms with Gasteiger partial charge in [0, 0.05) is 19.3 Å². The summed E-state index contributed by atoms with van der Waals surface area (Å²) in [4.78, 5) is 11.6. The van der Waals surface area contributed by atoms with Crippen LogP contribution >= 0.6 is 0 Å². The zero-order valence-electron chi connectivity index (χ0n) is 9.93. The molecule has 0 saturated carbocycles. The third-order valence-electron chi connectivity index (χ3n) is 2.85. The Bertz CT molecular complexity index is 630. The van der Waals surface area contributed by atoms with Gasteiger partial charge in [-0.05, 0) is 29.8 Å². The molecule has 0 aliphatic carbocycles. The second-order valence-corrected chi connectivity index (χ2v) is 4.18. The molecular formula is C14H14N4. The van der Waals surface area contributed by atoms with Gasteiger partial charge in [0.1, 0.15) is 0 Å². The van der Waals surface area contributed by atoms with Gasteiger partial charge >= 0.3 is 0 Å². The summed E-state index contributed by atoms with van der Waals surface area (Å²) < 4.78 is 0. The number of benzene rings is 1. The molecule has 0 bridgehead atoms. The highest BCUT2D eigenvalue weighted by Gasteiger charge is 1.98. The summed E-state index contributed by atoms with van der Waals surface area (Å²) in [6, 6.07) is 12.2. The molecule has 4 heteroatoms. The lowest BCUT2D eigenvalue weighted by molar-refractivity contribution is 0.680. The van der Waals surface area contributed by atoms with Crippen LogP contribution in [-0.2, 0) is 13.1 Å². The molecule has 0 amide bonds. The molecule has 0 radical (unpaired) electrons. The minimum absolute atomic E-state index is 0.780. The summed E-state index contributed by atoms with van der Waals surface area (Å²) >= 11 is 0. The van der Waals surface area contributed by atoms with Crippen LogP contribution in [0.2, 0.25) is 0 Å². The first kappa shape index (κ1) is 10.9. The number of H-pyrrole nitrogens is 1. The molecule has 2 heterocycles. The van der Waals surface area contributed by atoms with E-state index in [2.05, 4.69) is 32.4 Å². The maximum atomic E-state index is 4.27. The molecule has 1 aromatic carbocycles. The van der Waals surface area contributed by atoms with E-state index in [0.717, 1.165) is 29.8 Å². The van der Waals surface area contributed by atoms with E-state index >= 15 is 0 Å². The van der Waals surface area contributed by atoms with Crippen molar-refractivity contribution in [1.82, 2.24) is 20.3 Å². The van der Waals surface area contributed by atoms with Crippen molar-refractivity contribution >= 4 is 11.0 Å². The zero-order valence-corrected chi connectivity index (χ0v) is 9.93. The summed E-state index contributed by atoms with van der Waals surface area (Å²) in [6.45, 7) is 1.60. The largest absolute Gasteiger partial charge is 0.345 e. The minimum atomic E-state index is 0.780. The van der Waals surface area contributed by atoms with Gasteiger partial charge in [0.05, 0.1) is 23.1 Å². The van der Waals surface area contributed by atoms with Gasteiger partial charge in [-0.15, -0.1) is 0 Å².